The minimum absolute atomic E-state index is 0.384. The first-order valence-corrected chi connectivity index (χ1v) is 3.50. The van der Waals surface area contributed by atoms with Crippen LogP contribution in [-0.2, 0) is 4.57 Å². The fraction of sp³-hybridized carbons (Fsp3) is 0.750. The lowest BCUT2D eigenvalue weighted by atomic mass is 10.4. The summed E-state index contributed by atoms with van der Waals surface area (Å²) in [6, 6.07) is 1.65. The zero-order valence-corrected chi connectivity index (χ0v) is 5.39. The minimum Gasteiger partial charge on any atom is -0.594 e. The molecule has 0 aliphatic heterocycles. The van der Waals surface area contributed by atoms with Crippen LogP contribution in [0, 0.1) is 11.3 Å². The van der Waals surface area contributed by atoms with Crippen LogP contribution in [0.1, 0.15) is 13.3 Å². The van der Waals surface area contributed by atoms with Crippen LogP contribution in [0.2, 0.25) is 0 Å². The standard InChI is InChI=1S/C4H6NO2P/c1-2-4(3-5)8(6)7/h4H,2H2,1H3. The largest absolute Gasteiger partial charge is 0.594 e. The third-order valence-corrected chi connectivity index (χ3v) is 1.78. The Morgan fingerprint density at radius 1 is 2.00 bits per heavy atom. The van der Waals surface area contributed by atoms with Crippen LogP contribution >= 0.6 is 8.03 Å². The van der Waals surface area contributed by atoms with Crippen molar-refractivity contribution < 1.29 is 9.46 Å². The molecule has 0 amide bonds. The summed E-state index contributed by atoms with van der Waals surface area (Å²) >= 11 is 0. The van der Waals surface area contributed by atoms with Crippen LogP contribution in [0.3, 0.4) is 0 Å². The van der Waals surface area contributed by atoms with Crippen LogP contribution in [0.15, 0.2) is 0 Å². The third kappa shape index (κ3) is 2.02. The number of hydrogen-bond donors (Lipinski definition) is 0. The van der Waals surface area contributed by atoms with E-state index >= 15 is 0 Å². The molecule has 8 heavy (non-hydrogen) atoms. The molecule has 0 aromatic carbocycles. The first-order valence-electron chi connectivity index (χ1n) is 2.25. The molecule has 0 fully saturated rings. The average molecular weight is 131 g/mol. The van der Waals surface area contributed by atoms with Gasteiger partial charge in [0.25, 0.3) is 0 Å². The van der Waals surface area contributed by atoms with Crippen LogP contribution in [0.4, 0.5) is 0 Å². The fourth-order valence-corrected chi connectivity index (χ4v) is 0.680. The number of hydrogen-bond acceptors (Lipinski definition) is 3. The molecule has 0 bridgehead atoms. The average Bonchev–Trinajstić information content (AvgIpc) is 1.69. The van der Waals surface area contributed by atoms with E-state index in [2.05, 4.69) is 0 Å². The van der Waals surface area contributed by atoms with E-state index in [0.717, 1.165) is 0 Å². The molecule has 2 atom stereocenters. The van der Waals surface area contributed by atoms with Crippen molar-refractivity contribution in [2.24, 2.45) is 0 Å². The van der Waals surface area contributed by atoms with Crippen molar-refractivity contribution in [3.63, 3.8) is 0 Å². The Hall–Kier alpha value is -0.450. The van der Waals surface area contributed by atoms with E-state index in [9.17, 15) is 9.46 Å². The highest BCUT2D eigenvalue weighted by molar-refractivity contribution is 7.37. The lowest BCUT2D eigenvalue weighted by Gasteiger charge is -1.90. The van der Waals surface area contributed by atoms with Crippen molar-refractivity contribution in [2.75, 3.05) is 0 Å². The summed E-state index contributed by atoms with van der Waals surface area (Å²) in [5, 5.41) is 8.06. The summed E-state index contributed by atoms with van der Waals surface area (Å²) < 4.78 is 9.98. The molecular weight excluding hydrogens is 125 g/mol. The Balaban J connectivity index is 3.76. The van der Waals surface area contributed by atoms with Gasteiger partial charge >= 0.3 is 8.03 Å². The van der Waals surface area contributed by atoms with Crippen molar-refractivity contribution in [3.05, 3.63) is 0 Å². The van der Waals surface area contributed by atoms with E-state index in [1.807, 2.05) is 0 Å². The lowest BCUT2D eigenvalue weighted by molar-refractivity contribution is -0.165. The summed E-state index contributed by atoms with van der Waals surface area (Å²) in [6.45, 7) is 1.67. The van der Waals surface area contributed by atoms with Crippen LogP contribution in [0.5, 0.6) is 0 Å². The predicted molar refractivity (Wildman–Crippen MR) is 27.3 cm³/mol. The monoisotopic (exact) mass is 131 g/mol. The van der Waals surface area contributed by atoms with Gasteiger partial charge in [0.05, 0.1) is 0 Å². The quantitative estimate of drug-likeness (QED) is 0.509. The highest BCUT2D eigenvalue weighted by atomic mass is 31.1. The summed E-state index contributed by atoms with van der Waals surface area (Å²) in [4.78, 5) is 9.98. The van der Waals surface area contributed by atoms with Gasteiger partial charge in [-0.1, -0.05) is 11.5 Å². The molecule has 44 valence electrons. The molecule has 0 aromatic rings. The maximum atomic E-state index is 9.98. The molecular formula is C4H6NO2P. The van der Waals surface area contributed by atoms with Gasteiger partial charge in [-0.3, -0.25) is 0 Å². The molecule has 0 aliphatic rings. The van der Waals surface area contributed by atoms with E-state index in [1.54, 1.807) is 13.0 Å². The maximum Gasteiger partial charge on any atom is 0.327 e. The number of nitrogens with zero attached hydrogens (tertiary/aromatic N) is 1. The van der Waals surface area contributed by atoms with Gasteiger partial charge in [0.15, 0.2) is 0 Å². The molecule has 0 saturated heterocycles. The zero-order valence-electron chi connectivity index (χ0n) is 4.50. The van der Waals surface area contributed by atoms with Crippen molar-refractivity contribution >= 4 is 8.03 Å². The highest BCUT2D eigenvalue weighted by Crippen LogP contribution is 2.18. The van der Waals surface area contributed by atoms with Crippen molar-refractivity contribution in [1.29, 1.82) is 5.26 Å². The minimum atomic E-state index is -2.53. The third-order valence-electron chi connectivity index (χ3n) is 0.790. The second kappa shape index (κ2) is 3.54. The molecule has 0 N–H and O–H groups in total. The van der Waals surface area contributed by atoms with E-state index in [4.69, 9.17) is 5.26 Å². The lowest BCUT2D eigenvalue weighted by Crippen LogP contribution is -2.02. The highest BCUT2D eigenvalue weighted by Gasteiger charge is 2.16. The first-order chi connectivity index (χ1) is 3.72. The fourth-order valence-electron chi connectivity index (χ4n) is 0.287. The first kappa shape index (κ1) is 7.55. The van der Waals surface area contributed by atoms with Gasteiger partial charge in [-0.15, -0.1) is 0 Å². The Bertz CT molecular complexity index is 128. The van der Waals surface area contributed by atoms with E-state index in [-0.39, 0.29) is 0 Å². The van der Waals surface area contributed by atoms with Crippen LogP contribution < -0.4 is 4.89 Å². The Labute approximate surface area is 48.8 Å². The summed E-state index contributed by atoms with van der Waals surface area (Å²) in [5.74, 6) is 0. The summed E-state index contributed by atoms with van der Waals surface area (Å²) in [6.07, 6.45) is 0.384. The van der Waals surface area contributed by atoms with Crippen LogP contribution in [0.25, 0.3) is 0 Å². The number of rotatable bonds is 2. The maximum absolute atomic E-state index is 9.98. The smallest absolute Gasteiger partial charge is 0.327 e. The van der Waals surface area contributed by atoms with Gasteiger partial charge in [-0.2, -0.15) is 5.26 Å². The molecule has 3 nitrogen and oxygen atoms in total. The molecule has 0 rings (SSSR count). The molecule has 0 radical (unpaired) electrons. The van der Waals surface area contributed by atoms with Crippen molar-refractivity contribution in [2.45, 2.75) is 19.0 Å². The van der Waals surface area contributed by atoms with E-state index < -0.39 is 13.7 Å². The van der Waals surface area contributed by atoms with Gasteiger partial charge in [0.2, 0.25) is 5.66 Å². The molecule has 0 spiro atoms. The second-order valence-corrected chi connectivity index (χ2v) is 2.53. The van der Waals surface area contributed by atoms with Gasteiger partial charge in [0.1, 0.15) is 6.07 Å². The van der Waals surface area contributed by atoms with Gasteiger partial charge in [0, 0.05) is 6.42 Å². The Morgan fingerprint density at radius 2 is 2.50 bits per heavy atom. The van der Waals surface area contributed by atoms with Crippen molar-refractivity contribution in [1.82, 2.24) is 0 Å². The Kier molecular flexibility index (Phi) is 3.34. The van der Waals surface area contributed by atoms with E-state index in [1.165, 1.54) is 0 Å². The summed E-state index contributed by atoms with van der Waals surface area (Å²) in [7, 11) is -2.53. The van der Waals surface area contributed by atoms with Gasteiger partial charge in [-0.25, -0.2) is 0 Å². The van der Waals surface area contributed by atoms with Crippen LogP contribution in [-0.4, -0.2) is 5.66 Å². The van der Waals surface area contributed by atoms with E-state index in [0.29, 0.717) is 6.42 Å². The van der Waals surface area contributed by atoms with Gasteiger partial charge < -0.3 is 4.89 Å². The summed E-state index contributed by atoms with van der Waals surface area (Å²) in [5.41, 5.74) is -0.787. The predicted octanol–water partition coefficient (Wildman–Crippen LogP) is 0.391. The topological polar surface area (TPSA) is 63.9 Å². The molecule has 0 saturated carbocycles. The Morgan fingerprint density at radius 3 is 2.50 bits per heavy atom. The normalized spacial score (nSPS) is 14.4. The molecule has 0 aliphatic carbocycles. The molecule has 4 heteroatoms. The SMILES string of the molecule is CCC(C#N)[P+](=O)[O-]. The van der Waals surface area contributed by atoms with Crippen molar-refractivity contribution in [3.8, 4) is 6.07 Å². The second-order valence-electron chi connectivity index (χ2n) is 1.34. The molecule has 0 heterocycles. The molecule has 0 aromatic heterocycles. The number of nitriles is 1. The zero-order chi connectivity index (χ0) is 6.57. The van der Waals surface area contributed by atoms with Gasteiger partial charge in [-0.05, 0) is 0 Å². The molecule has 2 unspecified atom stereocenters.